The maximum absolute atomic E-state index is 12.4. The molecule has 1 aromatic carbocycles. The standard InChI is InChI=1S/C19H24F2N2O2/c20-19(21)25-15-5-3-4-13(12-15)18(22)16-6-1-2-7-17(16)23-14-8-10-24-11-9-14/h3-5,12,14,19H,1-2,6-11,22H2/b18-16-,23-17?. The highest BCUT2D eigenvalue weighted by Gasteiger charge is 2.20. The number of allylic oxidation sites excluding steroid dienone is 1. The number of nitrogens with two attached hydrogens (primary N) is 1. The van der Waals surface area contributed by atoms with E-state index in [4.69, 9.17) is 15.5 Å². The van der Waals surface area contributed by atoms with Crippen molar-refractivity contribution in [2.75, 3.05) is 13.2 Å². The molecule has 1 saturated heterocycles. The molecule has 0 spiro atoms. The molecular formula is C19H24F2N2O2. The summed E-state index contributed by atoms with van der Waals surface area (Å²) in [5.41, 5.74) is 9.83. The van der Waals surface area contributed by atoms with E-state index in [0.717, 1.165) is 63.0 Å². The Kier molecular flexibility index (Phi) is 6.02. The molecule has 1 heterocycles. The highest BCUT2D eigenvalue weighted by molar-refractivity contribution is 6.06. The Balaban J connectivity index is 1.87. The van der Waals surface area contributed by atoms with Gasteiger partial charge in [-0.15, -0.1) is 0 Å². The summed E-state index contributed by atoms with van der Waals surface area (Å²) in [6, 6.07) is 6.86. The van der Waals surface area contributed by atoms with Crippen molar-refractivity contribution in [3.05, 3.63) is 35.4 Å². The predicted octanol–water partition coefficient (Wildman–Crippen LogP) is 4.15. The Morgan fingerprint density at radius 1 is 1.20 bits per heavy atom. The summed E-state index contributed by atoms with van der Waals surface area (Å²) in [5, 5.41) is 0. The van der Waals surface area contributed by atoms with Crippen LogP contribution in [0.1, 0.15) is 44.1 Å². The molecule has 2 fully saturated rings. The van der Waals surface area contributed by atoms with Crippen LogP contribution in [0.5, 0.6) is 5.75 Å². The first-order valence-corrected chi connectivity index (χ1v) is 8.82. The van der Waals surface area contributed by atoms with E-state index < -0.39 is 6.61 Å². The maximum atomic E-state index is 12.4. The zero-order chi connectivity index (χ0) is 17.6. The van der Waals surface area contributed by atoms with Gasteiger partial charge < -0.3 is 15.2 Å². The number of ether oxygens (including phenoxy) is 2. The Hall–Kier alpha value is -1.95. The van der Waals surface area contributed by atoms with Gasteiger partial charge in [0, 0.05) is 30.2 Å². The molecule has 0 radical (unpaired) electrons. The average molecular weight is 350 g/mol. The molecule has 0 bridgehead atoms. The number of nitrogens with zero attached hydrogens (tertiary/aromatic N) is 1. The molecule has 0 aromatic heterocycles. The molecule has 1 aliphatic heterocycles. The van der Waals surface area contributed by atoms with Crippen LogP contribution in [-0.4, -0.2) is 31.6 Å². The molecule has 1 aromatic rings. The zero-order valence-corrected chi connectivity index (χ0v) is 14.2. The van der Waals surface area contributed by atoms with Crippen molar-refractivity contribution in [3.8, 4) is 5.75 Å². The Morgan fingerprint density at radius 3 is 2.72 bits per heavy atom. The number of halogens is 2. The van der Waals surface area contributed by atoms with E-state index in [0.29, 0.717) is 11.3 Å². The Bertz CT molecular complexity index is 653. The van der Waals surface area contributed by atoms with Gasteiger partial charge in [-0.2, -0.15) is 8.78 Å². The van der Waals surface area contributed by atoms with Crippen LogP contribution in [0.3, 0.4) is 0 Å². The van der Waals surface area contributed by atoms with E-state index >= 15 is 0 Å². The first kappa shape index (κ1) is 17.9. The minimum Gasteiger partial charge on any atom is -0.435 e. The van der Waals surface area contributed by atoms with Gasteiger partial charge in [-0.1, -0.05) is 12.1 Å². The van der Waals surface area contributed by atoms with E-state index in [-0.39, 0.29) is 11.8 Å². The molecule has 3 rings (SSSR count). The molecule has 136 valence electrons. The fourth-order valence-corrected chi connectivity index (χ4v) is 3.37. The molecule has 0 atom stereocenters. The summed E-state index contributed by atoms with van der Waals surface area (Å²) < 4.78 is 34.8. The van der Waals surface area contributed by atoms with Crippen molar-refractivity contribution in [2.45, 2.75) is 51.2 Å². The fraction of sp³-hybridized carbons (Fsp3) is 0.526. The van der Waals surface area contributed by atoms with Gasteiger partial charge in [0.1, 0.15) is 5.75 Å². The maximum Gasteiger partial charge on any atom is 0.387 e. The second-order valence-corrected chi connectivity index (χ2v) is 6.43. The molecule has 1 aliphatic carbocycles. The van der Waals surface area contributed by atoms with Gasteiger partial charge in [-0.3, -0.25) is 4.99 Å². The SMILES string of the molecule is N/C(=C1/CCCCC1=NC1CCOCC1)c1cccc(OC(F)F)c1. The molecule has 25 heavy (non-hydrogen) atoms. The number of rotatable bonds is 4. The summed E-state index contributed by atoms with van der Waals surface area (Å²) >= 11 is 0. The lowest BCUT2D eigenvalue weighted by atomic mass is 9.89. The second-order valence-electron chi connectivity index (χ2n) is 6.43. The molecule has 2 aliphatic rings. The van der Waals surface area contributed by atoms with Crippen molar-refractivity contribution in [3.63, 3.8) is 0 Å². The molecule has 0 amide bonds. The topological polar surface area (TPSA) is 56.8 Å². The number of hydrogen-bond donors (Lipinski definition) is 1. The molecule has 0 unspecified atom stereocenters. The van der Waals surface area contributed by atoms with Gasteiger partial charge in [-0.25, -0.2) is 0 Å². The average Bonchev–Trinajstić information content (AvgIpc) is 2.62. The minimum atomic E-state index is -2.84. The first-order valence-electron chi connectivity index (χ1n) is 8.82. The first-order chi connectivity index (χ1) is 12.1. The highest BCUT2D eigenvalue weighted by atomic mass is 19.3. The summed E-state index contributed by atoms with van der Waals surface area (Å²) in [5.74, 6) is 0.120. The lowest BCUT2D eigenvalue weighted by molar-refractivity contribution is -0.0498. The van der Waals surface area contributed by atoms with Crippen LogP contribution >= 0.6 is 0 Å². The monoisotopic (exact) mass is 350 g/mol. The van der Waals surface area contributed by atoms with Crippen molar-refractivity contribution in [1.82, 2.24) is 0 Å². The predicted molar refractivity (Wildman–Crippen MR) is 93.9 cm³/mol. The van der Waals surface area contributed by atoms with Crippen LogP contribution in [0.4, 0.5) is 8.78 Å². The van der Waals surface area contributed by atoms with Crippen molar-refractivity contribution < 1.29 is 18.3 Å². The fourth-order valence-electron chi connectivity index (χ4n) is 3.37. The molecule has 4 nitrogen and oxygen atoms in total. The van der Waals surface area contributed by atoms with Crippen LogP contribution in [0.15, 0.2) is 34.8 Å². The van der Waals surface area contributed by atoms with Gasteiger partial charge in [0.05, 0.1) is 6.04 Å². The van der Waals surface area contributed by atoms with Crippen LogP contribution in [0, 0.1) is 0 Å². The van der Waals surface area contributed by atoms with Gasteiger partial charge >= 0.3 is 6.61 Å². The lowest BCUT2D eigenvalue weighted by Crippen LogP contribution is -2.23. The Labute approximate surface area is 146 Å². The third-order valence-electron chi connectivity index (χ3n) is 4.66. The summed E-state index contributed by atoms with van der Waals surface area (Å²) in [7, 11) is 0. The van der Waals surface area contributed by atoms with Crippen molar-refractivity contribution in [2.24, 2.45) is 10.7 Å². The largest absolute Gasteiger partial charge is 0.435 e. The van der Waals surface area contributed by atoms with Gasteiger partial charge in [-0.05, 0) is 56.2 Å². The summed E-state index contributed by atoms with van der Waals surface area (Å²) in [6.07, 6.45) is 5.83. The molecule has 6 heteroatoms. The van der Waals surface area contributed by atoms with Crippen LogP contribution < -0.4 is 10.5 Å². The smallest absolute Gasteiger partial charge is 0.387 e. The number of benzene rings is 1. The van der Waals surface area contributed by atoms with Crippen LogP contribution in [0.2, 0.25) is 0 Å². The minimum absolute atomic E-state index is 0.120. The highest BCUT2D eigenvalue weighted by Crippen LogP contribution is 2.29. The number of alkyl halides is 2. The van der Waals surface area contributed by atoms with E-state index in [2.05, 4.69) is 4.74 Å². The molecule has 2 N–H and O–H groups in total. The third-order valence-corrected chi connectivity index (χ3v) is 4.66. The number of hydrogen-bond acceptors (Lipinski definition) is 4. The quantitative estimate of drug-likeness (QED) is 0.887. The second kappa shape index (κ2) is 8.43. The summed E-state index contributed by atoms with van der Waals surface area (Å²) in [4.78, 5) is 4.94. The number of aliphatic imine (C=N–C) groups is 1. The normalized spacial score (nSPS) is 23.1. The molecular weight excluding hydrogens is 326 g/mol. The third kappa shape index (κ3) is 4.78. The van der Waals surface area contributed by atoms with Gasteiger partial charge in [0.15, 0.2) is 0 Å². The molecule has 1 saturated carbocycles. The van der Waals surface area contributed by atoms with Crippen LogP contribution in [0.25, 0.3) is 5.70 Å². The van der Waals surface area contributed by atoms with Gasteiger partial charge in [0.25, 0.3) is 0 Å². The lowest BCUT2D eigenvalue weighted by Gasteiger charge is -2.24. The van der Waals surface area contributed by atoms with Crippen molar-refractivity contribution >= 4 is 11.4 Å². The van der Waals surface area contributed by atoms with Crippen molar-refractivity contribution in [1.29, 1.82) is 0 Å². The van der Waals surface area contributed by atoms with E-state index in [1.54, 1.807) is 12.1 Å². The van der Waals surface area contributed by atoms with E-state index in [1.807, 2.05) is 6.07 Å². The zero-order valence-electron chi connectivity index (χ0n) is 14.2. The summed E-state index contributed by atoms with van der Waals surface area (Å²) in [6.45, 7) is -1.34. The Morgan fingerprint density at radius 2 is 1.96 bits per heavy atom. The van der Waals surface area contributed by atoms with E-state index in [1.165, 1.54) is 6.07 Å². The van der Waals surface area contributed by atoms with Gasteiger partial charge in [0.2, 0.25) is 0 Å². The van der Waals surface area contributed by atoms with E-state index in [9.17, 15) is 8.78 Å². The van der Waals surface area contributed by atoms with Crippen LogP contribution in [-0.2, 0) is 4.74 Å².